The molecule has 1 aromatic carbocycles. The van der Waals surface area contributed by atoms with Crippen LogP contribution >= 0.6 is 0 Å². The maximum absolute atomic E-state index is 6.02. The Labute approximate surface area is 125 Å². The minimum atomic E-state index is 0.104. The summed E-state index contributed by atoms with van der Waals surface area (Å²) in [5.74, 6) is 0.598. The SMILES string of the molecule is CCCN(Cc1ccc(C(C)C)cc1)C(C)(CC)CN. The smallest absolute Gasteiger partial charge is 0.0304 e. The van der Waals surface area contributed by atoms with E-state index in [1.807, 2.05) is 0 Å². The van der Waals surface area contributed by atoms with Crippen LogP contribution < -0.4 is 5.73 Å². The van der Waals surface area contributed by atoms with Crippen LogP contribution in [-0.2, 0) is 6.54 Å². The molecule has 0 fully saturated rings. The predicted molar refractivity (Wildman–Crippen MR) is 89.0 cm³/mol. The van der Waals surface area contributed by atoms with E-state index in [-0.39, 0.29) is 5.54 Å². The first-order chi connectivity index (χ1) is 9.46. The molecular weight excluding hydrogens is 244 g/mol. The molecule has 0 spiro atoms. The van der Waals surface area contributed by atoms with Gasteiger partial charge in [-0.2, -0.15) is 0 Å². The number of hydrogen-bond donors (Lipinski definition) is 1. The summed E-state index contributed by atoms with van der Waals surface area (Å²) in [7, 11) is 0. The van der Waals surface area contributed by atoms with Crippen molar-refractivity contribution >= 4 is 0 Å². The summed E-state index contributed by atoms with van der Waals surface area (Å²) in [5, 5.41) is 0. The topological polar surface area (TPSA) is 29.3 Å². The van der Waals surface area contributed by atoms with Crippen molar-refractivity contribution in [3.63, 3.8) is 0 Å². The van der Waals surface area contributed by atoms with Crippen molar-refractivity contribution in [3.8, 4) is 0 Å². The van der Waals surface area contributed by atoms with Gasteiger partial charge in [0.1, 0.15) is 0 Å². The molecule has 0 aliphatic heterocycles. The normalized spacial score (nSPS) is 14.8. The molecule has 2 N–H and O–H groups in total. The van der Waals surface area contributed by atoms with E-state index < -0.39 is 0 Å². The van der Waals surface area contributed by atoms with E-state index in [0.717, 1.165) is 19.5 Å². The lowest BCUT2D eigenvalue weighted by Gasteiger charge is -2.40. The predicted octanol–water partition coefficient (Wildman–Crippen LogP) is 4.15. The third-order valence-electron chi connectivity index (χ3n) is 4.48. The largest absolute Gasteiger partial charge is 0.329 e. The monoisotopic (exact) mass is 276 g/mol. The fourth-order valence-electron chi connectivity index (χ4n) is 2.54. The molecule has 0 saturated heterocycles. The summed E-state index contributed by atoms with van der Waals surface area (Å²) in [6.07, 6.45) is 2.26. The van der Waals surface area contributed by atoms with E-state index in [1.54, 1.807) is 0 Å². The lowest BCUT2D eigenvalue weighted by molar-refractivity contribution is 0.0973. The first-order valence-electron chi connectivity index (χ1n) is 8.00. The van der Waals surface area contributed by atoms with E-state index in [1.165, 1.54) is 17.5 Å². The fourth-order valence-corrected chi connectivity index (χ4v) is 2.54. The molecule has 1 rings (SSSR count). The van der Waals surface area contributed by atoms with Gasteiger partial charge in [-0.25, -0.2) is 0 Å². The molecule has 0 heterocycles. The maximum atomic E-state index is 6.02. The van der Waals surface area contributed by atoms with Gasteiger partial charge in [-0.05, 0) is 43.4 Å². The van der Waals surface area contributed by atoms with Gasteiger partial charge in [0.25, 0.3) is 0 Å². The molecule has 1 aromatic rings. The van der Waals surface area contributed by atoms with Crippen molar-refractivity contribution in [1.29, 1.82) is 0 Å². The quantitative estimate of drug-likeness (QED) is 0.773. The van der Waals surface area contributed by atoms with E-state index in [4.69, 9.17) is 5.73 Å². The van der Waals surface area contributed by atoms with Crippen LogP contribution in [0, 0.1) is 0 Å². The summed E-state index contributed by atoms with van der Waals surface area (Å²) >= 11 is 0. The van der Waals surface area contributed by atoms with Crippen LogP contribution in [0.25, 0.3) is 0 Å². The summed E-state index contributed by atoms with van der Waals surface area (Å²) in [4.78, 5) is 2.54. The van der Waals surface area contributed by atoms with Gasteiger partial charge in [-0.1, -0.05) is 52.0 Å². The molecule has 0 bridgehead atoms. The van der Waals surface area contributed by atoms with E-state index in [2.05, 4.69) is 63.8 Å². The van der Waals surface area contributed by atoms with Crippen molar-refractivity contribution in [1.82, 2.24) is 4.90 Å². The molecule has 0 aliphatic rings. The number of hydrogen-bond acceptors (Lipinski definition) is 2. The van der Waals surface area contributed by atoms with Crippen molar-refractivity contribution < 1.29 is 0 Å². The molecular formula is C18H32N2. The van der Waals surface area contributed by atoms with Gasteiger partial charge in [0.2, 0.25) is 0 Å². The van der Waals surface area contributed by atoms with Crippen molar-refractivity contribution in [3.05, 3.63) is 35.4 Å². The van der Waals surface area contributed by atoms with E-state index in [0.29, 0.717) is 12.5 Å². The Balaban J connectivity index is 2.84. The van der Waals surface area contributed by atoms with Gasteiger partial charge >= 0.3 is 0 Å². The number of nitrogens with two attached hydrogens (primary N) is 1. The Hall–Kier alpha value is -0.860. The average Bonchev–Trinajstić information content (AvgIpc) is 2.46. The van der Waals surface area contributed by atoms with Crippen LogP contribution in [0.3, 0.4) is 0 Å². The second kappa shape index (κ2) is 7.80. The molecule has 1 unspecified atom stereocenters. The van der Waals surface area contributed by atoms with Crippen molar-refractivity contribution in [2.75, 3.05) is 13.1 Å². The van der Waals surface area contributed by atoms with Crippen LogP contribution in [0.5, 0.6) is 0 Å². The lowest BCUT2D eigenvalue weighted by Crippen LogP contribution is -2.51. The molecule has 0 saturated carbocycles. The van der Waals surface area contributed by atoms with Crippen LogP contribution in [0.1, 0.15) is 64.5 Å². The average molecular weight is 276 g/mol. The highest BCUT2D eigenvalue weighted by Crippen LogP contribution is 2.22. The standard InChI is InChI=1S/C18H32N2/c1-6-12-20(18(5,7-2)14-19)13-16-8-10-17(11-9-16)15(3)4/h8-11,15H,6-7,12-14,19H2,1-5H3. The summed E-state index contributed by atoms with van der Waals surface area (Å²) in [5.41, 5.74) is 8.92. The van der Waals surface area contributed by atoms with Crippen LogP contribution in [0.2, 0.25) is 0 Å². The molecule has 1 atom stereocenters. The number of rotatable bonds is 8. The van der Waals surface area contributed by atoms with Gasteiger partial charge in [0.15, 0.2) is 0 Å². The maximum Gasteiger partial charge on any atom is 0.0304 e. The molecule has 0 amide bonds. The van der Waals surface area contributed by atoms with Gasteiger partial charge in [-0.15, -0.1) is 0 Å². The summed E-state index contributed by atoms with van der Waals surface area (Å²) < 4.78 is 0. The van der Waals surface area contributed by atoms with Crippen molar-refractivity contribution in [2.45, 2.75) is 65.5 Å². The van der Waals surface area contributed by atoms with Gasteiger partial charge in [0.05, 0.1) is 0 Å². The first kappa shape index (κ1) is 17.2. The minimum absolute atomic E-state index is 0.104. The number of benzene rings is 1. The molecule has 0 aliphatic carbocycles. The van der Waals surface area contributed by atoms with Crippen LogP contribution in [0.4, 0.5) is 0 Å². The zero-order valence-corrected chi connectivity index (χ0v) is 13.9. The molecule has 20 heavy (non-hydrogen) atoms. The van der Waals surface area contributed by atoms with Crippen LogP contribution in [0.15, 0.2) is 24.3 Å². The van der Waals surface area contributed by atoms with E-state index >= 15 is 0 Å². The highest BCUT2D eigenvalue weighted by molar-refractivity contribution is 5.24. The van der Waals surface area contributed by atoms with Crippen molar-refractivity contribution in [2.24, 2.45) is 5.73 Å². The molecule has 2 nitrogen and oxygen atoms in total. The Bertz CT molecular complexity index is 377. The lowest BCUT2D eigenvalue weighted by atomic mass is 9.95. The summed E-state index contributed by atoms with van der Waals surface area (Å²) in [6.45, 7) is 14.0. The molecule has 114 valence electrons. The Morgan fingerprint density at radius 3 is 2.15 bits per heavy atom. The fraction of sp³-hybridized carbons (Fsp3) is 0.667. The van der Waals surface area contributed by atoms with Gasteiger partial charge < -0.3 is 5.73 Å². The Morgan fingerprint density at radius 1 is 1.15 bits per heavy atom. The highest BCUT2D eigenvalue weighted by atomic mass is 15.2. The molecule has 0 aromatic heterocycles. The number of nitrogens with zero attached hydrogens (tertiary/aromatic N) is 1. The first-order valence-corrected chi connectivity index (χ1v) is 8.00. The Morgan fingerprint density at radius 2 is 1.75 bits per heavy atom. The van der Waals surface area contributed by atoms with Gasteiger partial charge in [0, 0.05) is 18.6 Å². The van der Waals surface area contributed by atoms with Crippen LogP contribution in [-0.4, -0.2) is 23.5 Å². The molecule has 2 heteroatoms. The zero-order valence-electron chi connectivity index (χ0n) is 13.9. The van der Waals surface area contributed by atoms with Gasteiger partial charge in [-0.3, -0.25) is 4.90 Å². The van der Waals surface area contributed by atoms with E-state index in [9.17, 15) is 0 Å². The highest BCUT2D eigenvalue weighted by Gasteiger charge is 2.27. The second-order valence-corrected chi connectivity index (χ2v) is 6.37. The Kier molecular flexibility index (Phi) is 6.70. The molecule has 0 radical (unpaired) electrons. The third-order valence-corrected chi connectivity index (χ3v) is 4.48. The minimum Gasteiger partial charge on any atom is -0.329 e. The summed E-state index contributed by atoms with van der Waals surface area (Å²) in [6, 6.07) is 9.06. The third kappa shape index (κ3) is 4.32. The zero-order chi connectivity index (χ0) is 15.2. The second-order valence-electron chi connectivity index (χ2n) is 6.37.